The first kappa shape index (κ1) is 7.57. The molecule has 1 aliphatic heterocycles. The van der Waals surface area contributed by atoms with Crippen molar-refractivity contribution in [1.29, 1.82) is 0 Å². The Morgan fingerprint density at radius 2 is 2.38 bits per heavy atom. The minimum Gasteiger partial charge on any atom is -0.374 e. The normalized spacial score (nSPS) is 36.3. The second-order valence-electron chi connectivity index (χ2n) is 4.11. The molecule has 1 fully saturated rings. The standard InChI is InChI=1S/C12H14O/c1-3-9-7-11-5-2-6-13-12(11)8-10(9)4-1/h1,3-4,8,11-12H,2,5-7H2. The fourth-order valence-corrected chi connectivity index (χ4v) is 2.55. The predicted molar refractivity (Wildman–Crippen MR) is 52.4 cm³/mol. The maximum absolute atomic E-state index is 5.75. The molecule has 2 aliphatic carbocycles. The second kappa shape index (κ2) is 2.85. The van der Waals surface area contributed by atoms with Gasteiger partial charge in [-0.15, -0.1) is 0 Å². The fourth-order valence-electron chi connectivity index (χ4n) is 2.55. The number of fused-ring (bicyclic) bond motifs is 2. The highest BCUT2D eigenvalue weighted by Crippen LogP contribution is 2.37. The summed E-state index contributed by atoms with van der Waals surface area (Å²) in [5.74, 6) is 0.753. The molecular formula is C12H14O. The molecule has 13 heavy (non-hydrogen) atoms. The maximum Gasteiger partial charge on any atom is 0.0795 e. The van der Waals surface area contributed by atoms with Gasteiger partial charge < -0.3 is 4.74 Å². The van der Waals surface area contributed by atoms with Gasteiger partial charge in [0, 0.05) is 6.61 Å². The van der Waals surface area contributed by atoms with Gasteiger partial charge in [0.2, 0.25) is 0 Å². The first-order valence-corrected chi connectivity index (χ1v) is 5.14. The van der Waals surface area contributed by atoms with E-state index in [1.54, 1.807) is 0 Å². The van der Waals surface area contributed by atoms with Crippen molar-refractivity contribution >= 4 is 0 Å². The number of hydrogen-bond donors (Lipinski definition) is 0. The summed E-state index contributed by atoms with van der Waals surface area (Å²) in [5, 5.41) is 0. The van der Waals surface area contributed by atoms with Crippen LogP contribution in [0.3, 0.4) is 0 Å². The number of allylic oxidation sites excluding steroid dienone is 5. The van der Waals surface area contributed by atoms with Gasteiger partial charge in [0.15, 0.2) is 0 Å². The van der Waals surface area contributed by atoms with Crippen LogP contribution >= 0.6 is 0 Å². The van der Waals surface area contributed by atoms with Gasteiger partial charge in [-0.2, -0.15) is 0 Å². The van der Waals surface area contributed by atoms with E-state index in [1.807, 2.05) is 0 Å². The molecule has 0 spiro atoms. The second-order valence-corrected chi connectivity index (χ2v) is 4.11. The summed E-state index contributed by atoms with van der Waals surface area (Å²) in [6, 6.07) is 0. The van der Waals surface area contributed by atoms with Crippen LogP contribution in [-0.4, -0.2) is 12.7 Å². The summed E-state index contributed by atoms with van der Waals surface area (Å²) in [5.41, 5.74) is 2.93. The summed E-state index contributed by atoms with van der Waals surface area (Å²) >= 11 is 0. The van der Waals surface area contributed by atoms with Gasteiger partial charge in [-0.1, -0.05) is 18.2 Å². The van der Waals surface area contributed by atoms with Crippen LogP contribution in [-0.2, 0) is 4.74 Å². The van der Waals surface area contributed by atoms with Crippen molar-refractivity contribution < 1.29 is 4.74 Å². The van der Waals surface area contributed by atoms with Crippen molar-refractivity contribution in [2.24, 2.45) is 5.92 Å². The molecule has 0 aromatic rings. The number of ether oxygens (including phenoxy) is 1. The molecule has 3 rings (SSSR count). The lowest BCUT2D eigenvalue weighted by molar-refractivity contribution is 0.00128. The molecule has 0 aromatic carbocycles. The van der Waals surface area contributed by atoms with Gasteiger partial charge in [-0.25, -0.2) is 0 Å². The van der Waals surface area contributed by atoms with Crippen LogP contribution in [0.1, 0.15) is 19.3 Å². The molecule has 0 amide bonds. The maximum atomic E-state index is 5.75. The Bertz CT molecular complexity index is 309. The average Bonchev–Trinajstić information content (AvgIpc) is 2.61. The average molecular weight is 174 g/mol. The number of hydrogen-bond acceptors (Lipinski definition) is 1. The van der Waals surface area contributed by atoms with Crippen LogP contribution in [0, 0.1) is 5.92 Å². The van der Waals surface area contributed by atoms with Crippen LogP contribution < -0.4 is 0 Å². The predicted octanol–water partition coefficient (Wildman–Crippen LogP) is 2.61. The van der Waals surface area contributed by atoms with Crippen molar-refractivity contribution in [3.05, 3.63) is 35.5 Å². The van der Waals surface area contributed by atoms with E-state index in [1.165, 1.54) is 30.4 Å². The first-order chi connectivity index (χ1) is 6.43. The summed E-state index contributed by atoms with van der Waals surface area (Å²) in [6.07, 6.45) is 13.1. The molecule has 1 nitrogen and oxygen atoms in total. The monoisotopic (exact) mass is 174 g/mol. The topological polar surface area (TPSA) is 9.23 Å². The van der Waals surface area contributed by atoms with Crippen LogP contribution in [0.2, 0.25) is 0 Å². The molecule has 0 N–H and O–H groups in total. The van der Waals surface area contributed by atoms with Gasteiger partial charge in [-0.3, -0.25) is 0 Å². The largest absolute Gasteiger partial charge is 0.374 e. The molecule has 0 bridgehead atoms. The summed E-state index contributed by atoms with van der Waals surface area (Å²) in [6.45, 7) is 0.952. The minimum atomic E-state index is 0.406. The Morgan fingerprint density at radius 1 is 1.38 bits per heavy atom. The molecule has 1 saturated heterocycles. The molecule has 2 atom stereocenters. The van der Waals surface area contributed by atoms with E-state index < -0.39 is 0 Å². The van der Waals surface area contributed by atoms with Crippen LogP contribution in [0.15, 0.2) is 35.5 Å². The molecule has 0 radical (unpaired) electrons. The zero-order valence-corrected chi connectivity index (χ0v) is 7.70. The minimum absolute atomic E-state index is 0.406. The fraction of sp³-hybridized carbons (Fsp3) is 0.500. The zero-order chi connectivity index (χ0) is 8.67. The van der Waals surface area contributed by atoms with Gasteiger partial charge in [0.25, 0.3) is 0 Å². The van der Waals surface area contributed by atoms with Crippen LogP contribution in [0.4, 0.5) is 0 Å². The molecule has 1 heteroatoms. The molecule has 0 saturated carbocycles. The van der Waals surface area contributed by atoms with E-state index in [0.717, 1.165) is 12.5 Å². The van der Waals surface area contributed by atoms with Gasteiger partial charge in [0.1, 0.15) is 0 Å². The van der Waals surface area contributed by atoms with Crippen molar-refractivity contribution in [2.45, 2.75) is 25.4 Å². The summed E-state index contributed by atoms with van der Waals surface area (Å²) in [7, 11) is 0. The van der Waals surface area contributed by atoms with E-state index in [9.17, 15) is 0 Å². The first-order valence-electron chi connectivity index (χ1n) is 5.14. The lowest BCUT2D eigenvalue weighted by Crippen LogP contribution is -2.31. The van der Waals surface area contributed by atoms with Crippen molar-refractivity contribution in [2.75, 3.05) is 6.61 Å². The van der Waals surface area contributed by atoms with Crippen LogP contribution in [0.25, 0.3) is 0 Å². The Morgan fingerprint density at radius 3 is 3.38 bits per heavy atom. The number of rotatable bonds is 0. The van der Waals surface area contributed by atoms with Crippen molar-refractivity contribution in [3.63, 3.8) is 0 Å². The molecular weight excluding hydrogens is 160 g/mol. The SMILES string of the molecule is C1=CC2=CC3OCCCC3CC2=C1. The highest BCUT2D eigenvalue weighted by molar-refractivity contribution is 5.50. The molecule has 3 aliphatic rings. The van der Waals surface area contributed by atoms with Gasteiger partial charge >= 0.3 is 0 Å². The van der Waals surface area contributed by atoms with E-state index in [0.29, 0.717) is 6.10 Å². The van der Waals surface area contributed by atoms with Gasteiger partial charge in [-0.05, 0) is 42.4 Å². The zero-order valence-electron chi connectivity index (χ0n) is 7.70. The van der Waals surface area contributed by atoms with Crippen LogP contribution in [0.5, 0.6) is 0 Å². The quantitative estimate of drug-likeness (QED) is 0.548. The van der Waals surface area contributed by atoms with E-state index in [4.69, 9.17) is 4.74 Å². The van der Waals surface area contributed by atoms with E-state index in [2.05, 4.69) is 24.3 Å². The Kier molecular flexibility index (Phi) is 1.66. The Labute approximate surface area is 78.8 Å². The van der Waals surface area contributed by atoms with Gasteiger partial charge in [0.05, 0.1) is 6.10 Å². The lowest BCUT2D eigenvalue weighted by Gasteiger charge is -2.34. The smallest absolute Gasteiger partial charge is 0.0795 e. The highest BCUT2D eigenvalue weighted by Gasteiger charge is 2.30. The molecule has 0 aromatic heterocycles. The van der Waals surface area contributed by atoms with E-state index >= 15 is 0 Å². The third-order valence-corrected chi connectivity index (χ3v) is 3.26. The molecule has 2 unspecified atom stereocenters. The Balaban J connectivity index is 1.92. The third-order valence-electron chi connectivity index (χ3n) is 3.26. The third kappa shape index (κ3) is 1.19. The molecule has 1 heterocycles. The highest BCUT2D eigenvalue weighted by atomic mass is 16.5. The van der Waals surface area contributed by atoms with E-state index in [-0.39, 0.29) is 0 Å². The lowest BCUT2D eigenvalue weighted by atomic mass is 9.81. The summed E-state index contributed by atoms with van der Waals surface area (Å²) < 4.78 is 5.75. The Hall–Kier alpha value is -0.820. The van der Waals surface area contributed by atoms with Crippen molar-refractivity contribution in [3.8, 4) is 0 Å². The van der Waals surface area contributed by atoms with Crippen molar-refractivity contribution in [1.82, 2.24) is 0 Å². The molecule has 68 valence electrons. The summed E-state index contributed by atoms with van der Waals surface area (Å²) in [4.78, 5) is 0.